The second-order valence-corrected chi connectivity index (χ2v) is 22.5. The number of fused-ring (bicyclic) bond motifs is 3. The summed E-state index contributed by atoms with van der Waals surface area (Å²) in [6, 6.07) is 4.04. The van der Waals surface area contributed by atoms with Crippen LogP contribution in [0.15, 0.2) is 29.6 Å². The quantitative estimate of drug-likeness (QED) is 0.155. The van der Waals surface area contributed by atoms with Crippen LogP contribution in [0.4, 0.5) is 9.93 Å². The Kier molecular flexibility index (Phi) is 14.0. The van der Waals surface area contributed by atoms with Gasteiger partial charge in [-0.3, -0.25) is 9.59 Å². The lowest BCUT2D eigenvalue weighted by Crippen LogP contribution is -2.59. The van der Waals surface area contributed by atoms with E-state index in [0.29, 0.717) is 72.4 Å². The van der Waals surface area contributed by atoms with E-state index in [-0.39, 0.29) is 31.5 Å². The van der Waals surface area contributed by atoms with E-state index in [4.69, 9.17) is 19.4 Å². The van der Waals surface area contributed by atoms with Crippen molar-refractivity contribution in [2.75, 3.05) is 32.1 Å². The summed E-state index contributed by atoms with van der Waals surface area (Å²) in [6.45, 7) is 11.9. The number of anilines is 1. The summed E-state index contributed by atoms with van der Waals surface area (Å²) in [6.07, 6.45) is 5.09. The van der Waals surface area contributed by atoms with Gasteiger partial charge in [0.15, 0.2) is 5.13 Å². The molecule has 64 heavy (non-hydrogen) atoms. The highest BCUT2D eigenvalue weighted by atomic mass is 32.2. The van der Waals surface area contributed by atoms with Crippen molar-refractivity contribution in [3.8, 4) is 22.9 Å². The Balaban J connectivity index is 1.19. The van der Waals surface area contributed by atoms with Crippen LogP contribution in [0.25, 0.3) is 22.3 Å². The largest absolute Gasteiger partial charge is 0.497 e. The Bertz CT molecular complexity index is 2330. The third kappa shape index (κ3) is 10.4. The highest BCUT2D eigenvalue weighted by molar-refractivity contribution is 7.90. The molecule has 4 fully saturated rings. The third-order valence-corrected chi connectivity index (χ3v) is 16.2. The molecule has 2 unspecified atom stereocenters. The van der Waals surface area contributed by atoms with Crippen molar-refractivity contribution >= 4 is 61.2 Å². The number of nitrogens with one attached hydrogen (secondary N) is 4. The summed E-state index contributed by atoms with van der Waals surface area (Å²) < 4.78 is 39.9. The number of hydrogen-bond donors (Lipinski definition) is 5. The molecule has 1 aromatic carbocycles. The van der Waals surface area contributed by atoms with Crippen molar-refractivity contribution < 1.29 is 42.2 Å². The van der Waals surface area contributed by atoms with Gasteiger partial charge < -0.3 is 40.7 Å². The average Bonchev–Trinajstić information content (AvgIpc) is 3.46. The van der Waals surface area contributed by atoms with Crippen LogP contribution in [0.3, 0.4) is 0 Å². The van der Waals surface area contributed by atoms with Gasteiger partial charge in [0, 0.05) is 54.5 Å². The zero-order valence-electron chi connectivity index (χ0n) is 37.9. The predicted molar refractivity (Wildman–Crippen MR) is 245 cm³/mol. The summed E-state index contributed by atoms with van der Waals surface area (Å²) in [4.78, 5) is 67.2. The molecule has 3 aromatic rings. The molecule has 0 bridgehead atoms. The second kappa shape index (κ2) is 19.0. The maximum Gasteiger partial charge on any atom is 0.329 e. The van der Waals surface area contributed by atoms with E-state index in [1.165, 1.54) is 20.5 Å². The maximum atomic E-state index is 14.9. The highest BCUT2D eigenvalue weighted by Crippen LogP contribution is 2.48. The van der Waals surface area contributed by atoms with Crippen molar-refractivity contribution in [2.45, 2.75) is 147 Å². The number of thiazole rings is 1. The van der Waals surface area contributed by atoms with Crippen molar-refractivity contribution in [1.82, 2.24) is 35.1 Å². The van der Waals surface area contributed by atoms with Crippen molar-refractivity contribution in [2.24, 2.45) is 11.3 Å². The smallest absolute Gasteiger partial charge is 0.329 e. The molecule has 4 amide bonds. The standard InChI is InChI=1S/C45H64N8O9S2/c1-26(2)46-43-49-35(25-63-43)34-21-37(31-16-15-29(61-7)19-33(31)47-34)62-30-20-36-39(54)51-45(41(56)57)22-28(45)13-11-9-8-10-12-14-32(40(55)53(36)23-30)48-42(58)50-38(44(4,5)6)24-52-18-17-27(3)64(52,59)60/h15-16,19,21,25-28,30,32,36,38H,8-14,17-18,20,22-24H2,1-7H3,(H,46,49)(H,51,54)(H,56,57)(H2,48,50,58)/t27?,28?,30-,32+,36+,38-,45-/m1/s1. The van der Waals surface area contributed by atoms with Gasteiger partial charge in [-0.15, -0.1) is 11.3 Å². The molecule has 1 aliphatic carbocycles. The zero-order valence-corrected chi connectivity index (χ0v) is 39.6. The first kappa shape index (κ1) is 47.2. The van der Waals surface area contributed by atoms with Crippen molar-refractivity contribution in [3.05, 3.63) is 29.6 Å². The van der Waals surface area contributed by atoms with Gasteiger partial charge >= 0.3 is 12.0 Å². The minimum Gasteiger partial charge on any atom is -0.497 e. The minimum absolute atomic E-state index is 0.0235. The van der Waals surface area contributed by atoms with E-state index >= 15 is 0 Å². The van der Waals surface area contributed by atoms with Crippen LogP contribution < -0.4 is 30.7 Å². The molecule has 17 nitrogen and oxygen atoms in total. The number of hydrogen-bond acceptors (Lipinski definition) is 12. The summed E-state index contributed by atoms with van der Waals surface area (Å²) in [5, 5.41) is 25.3. The van der Waals surface area contributed by atoms with E-state index in [0.717, 1.165) is 30.8 Å². The van der Waals surface area contributed by atoms with Gasteiger partial charge in [-0.25, -0.2) is 28.0 Å². The molecular formula is C45H64N8O9S2. The molecule has 7 rings (SSSR count). The number of rotatable bonds is 11. The molecular weight excluding hydrogens is 861 g/mol. The van der Waals surface area contributed by atoms with Crippen molar-refractivity contribution in [1.29, 1.82) is 0 Å². The summed E-state index contributed by atoms with van der Waals surface area (Å²) in [5.74, 6) is -1.35. The number of benzene rings is 1. The van der Waals surface area contributed by atoms with Crippen molar-refractivity contribution in [3.63, 3.8) is 0 Å². The fourth-order valence-electron chi connectivity index (χ4n) is 9.12. The number of methoxy groups -OCH3 is 1. The average molecular weight is 925 g/mol. The first-order valence-corrected chi connectivity index (χ1v) is 25.0. The number of aliphatic carboxylic acids is 1. The Morgan fingerprint density at radius 3 is 2.45 bits per heavy atom. The van der Waals surface area contributed by atoms with Gasteiger partial charge in [-0.05, 0) is 69.9 Å². The fraction of sp³-hybridized carbons (Fsp3) is 0.644. The summed E-state index contributed by atoms with van der Waals surface area (Å²) >= 11 is 1.45. The summed E-state index contributed by atoms with van der Waals surface area (Å²) in [5.41, 5.74) is -0.190. The molecule has 3 aliphatic heterocycles. The molecule has 1 saturated carbocycles. The number of carbonyl (C=O) groups excluding carboxylic acids is 3. The third-order valence-electron chi connectivity index (χ3n) is 13.2. The monoisotopic (exact) mass is 924 g/mol. The van der Waals surface area contributed by atoms with E-state index in [9.17, 15) is 32.7 Å². The topological polar surface area (TPSA) is 221 Å². The lowest BCUT2D eigenvalue weighted by Gasteiger charge is -2.35. The van der Waals surface area contributed by atoms with Crippen LogP contribution in [-0.2, 0) is 24.4 Å². The lowest BCUT2D eigenvalue weighted by molar-refractivity contribution is -0.145. The molecule has 350 valence electrons. The number of ether oxygens (including phenoxy) is 2. The van der Waals surface area contributed by atoms with Gasteiger partial charge in [0.1, 0.15) is 40.9 Å². The summed E-state index contributed by atoms with van der Waals surface area (Å²) in [7, 11) is -1.94. The molecule has 2 aromatic heterocycles. The number of carbonyl (C=O) groups is 4. The number of aromatic nitrogens is 2. The molecule has 5 heterocycles. The lowest BCUT2D eigenvalue weighted by atomic mass is 9.86. The maximum absolute atomic E-state index is 14.9. The van der Waals surface area contributed by atoms with E-state index in [1.807, 2.05) is 46.1 Å². The highest BCUT2D eigenvalue weighted by Gasteiger charge is 2.62. The molecule has 4 aliphatic rings. The molecule has 3 saturated heterocycles. The normalized spacial score (nSPS) is 27.1. The number of amides is 4. The number of nitrogens with zero attached hydrogens (tertiary/aromatic N) is 4. The van der Waals surface area contributed by atoms with Crippen LogP contribution in [0.2, 0.25) is 0 Å². The van der Waals surface area contributed by atoms with E-state index in [1.54, 1.807) is 32.2 Å². The van der Waals surface area contributed by atoms with Crippen LogP contribution in [0.5, 0.6) is 11.5 Å². The molecule has 7 atom stereocenters. The van der Waals surface area contributed by atoms with Gasteiger partial charge in [-0.1, -0.05) is 52.9 Å². The number of carboxylic acid groups (broad SMARTS) is 1. The SMILES string of the molecule is COc1ccc2c(O[C@@H]3C[C@H]4C(=O)N[C@]5(C(=O)O)CC5CCCCCCC[C@H](NC(=O)N[C@H](CN5CCC(C)S5(=O)=O)C(C)(C)C)C(=O)N4C3)cc(-c3csc(NC(C)C)n3)nc2c1. The van der Waals surface area contributed by atoms with Crippen LogP contribution in [-0.4, -0.2) is 124 Å². The van der Waals surface area contributed by atoms with E-state index in [2.05, 4.69) is 21.3 Å². The van der Waals surface area contributed by atoms with Gasteiger partial charge in [0.05, 0.1) is 30.1 Å². The number of pyridine rings is 1. The molecule has 19 heteroatoms. The zero-order chi connectivity index (χ0) is 46.1. The predicted octanol–water partition coefficient (Wildman–Crippen LogP) is 5.75. The first-order valence-electron chi connectivity index (χ1n) is 22.6. The second-order valence-electron chi connectivity index (χ2n) is 19.3. The van der Waals surface area contributed by atoms with Crippen LogP contribution in [0, 0.1) is 11.3 Å². The minimum atomic E-state index is -3.51. The Morgan fingerprint density at radius 2 is 1.78 bits per heavy atom. The van der Waals surface area contributed by atoms with Gasteiger partial charge in [-0.2, -0.15) is 4.31 Å². The van der Waals surface area contributed by atoms with Gasteiger partial charge in [0.25, 0.3) is 0 Å². The Morgan fingerprint density at radius 1 is 1.05 bits per heavy atom. The molecule has 5 N–H and O–H groups in total. The molecule has 0 radical (unpaired) electrons. The van der Waals surface area contributed by atoms with E-state index < -0.39 is 74.3 Å². The Hall–Kier alpha value is -4.75. The fourth-order valence-corrected chi connectivity index (χ4v) is 11.6. The number of sulfonamides is 1. The van der Waals surface area contributed by atoms with Gasteiger partial charge in [0.2, 0.25) is 21.8 Å². The Labute approximate surface area is 379 Å². The number of carboxylic acids is 1. The molecule has 0 spiro atoms. The van der Waals surface area contributed by atoms with Crippen LogP contribution >= 0.6 is 11.3 Å². The van der Waals surface area contributed by atoms with Crippen LogP contribution in [0.1, 0.15) is 106 Å². The first-order chi connectivity index (χ1) is 30.3. The number of urea groups is 1.